The Balaban J connectivity index is 1.62. The van der Waals surface area contributed by atoms with Crippen LogP contribution in [-0.2, 0) is 0 Å². The maximum absolute atomic E-state index is 4.36. The van der Waals surface area contributed by atoms with Gasteiger partial charge in [-0.15, -0.1) is 0 Å². The van der Waals surface area contributed by atoms with Gasteiger partial charge in [0.05, 0.1) is 5.52 Å². The number of anilines is 2. The summed E-state index contributed by atoms with van der Waals surface area (Å²) in [5.74, 6) is 2.20. The fourth-order valence-corrected chi connectivity index (χ4v) is 3.13. The zero-order valence-corrected chi connectivity index (χ0v) is 12.0. The van der Waals surface area contributed by atoms with Crippen molar-refractivity contribution < 1.29 is 0 Å². The van der Waals surface area contributed by atoms with E-state index in [4.69, 9.17) is 0 Å². The van der Waals surface area contributed by atoms with Gasteiger partial charge in [0, 0.05) is 23.4 Å². The van der Waals surface area contributed by atoms with Gasteiger partial charge in [0.25, 0.3) is 0 Å². The third-order valence-electron chi connectivity index (χ3n) is 4.19. The van der Waals surface area contributed by atoms with Crippen LogP contribution in [0.4, 0.5) is 11.6 Å². The summed E-state index contributed by atoms with van der Waals surface area (Å²) < 4.78 is 0. The van der Waals surface area contributed by atoms with Crippen LogP contribution in [-0.4, -0.2) is 25.1 Å². The fraction of sp³-hybridized carbons (Fsp3) is 0.400. The van der Waals surface area contributed by atoms with Crippen LogP contribution >= 0.6 is 0 Å². The van der Waals surface area contributed by atoms with E-state index in [0.717, 1.165) is 28.4 Å². The maximum atomic E-state index is 4.36. The summed E-state index contributed by atoms with van der Waals surface area (Å²) in [5.41, 5.74) is 4.13. The highest BCUT2D eigenvalue weighted by atomic mass is 15.2. The molecule has 0 unspecified atom stereocenters. The monoisotopic (exact) mass is 282 g/mol. The molecule has 6 nitrogen and oxygen atoms in total. The lowest BCUT2D eigenvalue weighted by molar-refractivity contribution is 0.693. The standard InChI is InChI=1S/C15H18N6/c1-9-6-12-14(18-9)15(17-8-16-12)19-13-7-11(20-21-13)10-4-2-3-5-10/h6-8,10,18H,2-5H2,1H3,(H2,16,17,19,20,21). The molecule has 1 aliphatic carbocycles. The molecule has 3 aromatic rings. The van der Waals surface area contributed by atoms with Crippen molar-refractivity contribution in [1.82, 2.24) is 25.1 Å². The Morgan fingerprint density at radius 3 is 2.90 bits per heavy atom. The van der Waals surface area contributed by atoms with Crippen molar-refractivity contribution in [2.24, 2.45) is 0 Å². The average Bonchev–Trinajstić information content (AvgIpc) is 3.16. The van der Waals surface area contributed by atoms with Crippen LogP contribution < -0.4 is 5.32 Å². The highest BCUT2D eigenvalue weighted by Gasteiger charge is 2.19. The van der Waals surface area contributed by atoms with E-state index in [9.17, 15) is 0 Å². The van der Waals surface area contributed by atoms with Crippen molar-refractivity contribution in [1.29, 1.82) is 0 Å². The second kappa shape index (κ2) is 4.87. The number of aromatic nitrogens is 5. The van der Waals surface area contributed by atoms with Crippen LogP contribution in [0, 0.1) is 6.92 Å². The highest BCUT2D eigenvalue weighted by Crippen LogP contribution is 2.34. The molecule has 1 fully saturated rings. The lowest BCUT2D eigenvalue weighted by Gasteiger charge is -2.04. The molecule has 0 aromatic carbocycles. The number of aryl methyl sites for hydroxylation is 1. The summed E-state index contributed by atoms with van der Waals surface area (Å²) >= 11 is 0. The molecule has 0 bridgehead atoms. The predicted molar refractivity (Wildman–Crippen MR) is 81.7 cm³/mol. The van der Waals surface area contributed by atoms with Crippen molar-refractivity contribution in [3.05, 3.63) is 29.8 Å². The van der Waals surface area contributed by atoms with Crippen LogP contribution in [0.3, 0.4) is 0 Å². The van der Waals surface area contributed by atoms with Gasteiger partial charge in [-0.2, -0.15) is 5.10 Å². The van der Waals surface area contributed by atoms with Gasteiger partial charge in [0.15, 0.2) is 11.6 Å². The summed E-state index contributed by atoms with van der Waals surface area (Å²) in [6, 6.07) is 4.11. The molecular formula is C15H18N6. The Hall–Kier alpha value is -2.37. The topological polar surface area (TPSA) is 82.3 Å². The zero-order chi connectivity index (χ0) is 14.2. The molecule has 4 rings (SSSR count). The van der Waals surface area contributed by atoms with Gasteiger partial charge in [-0.3, -0.25) is 5.10 Å². The minimum absolute atomic E-state index is 0.631. The number of nitrogens with one attached hydrogen (secondary N) is 3. The molecule has 108 valence electrons. The zero-order valence-electron chi connectivity index (χ0n) is 12.0. The first kappa shape index (κ1) is 12.4. The Kier molecular flexibility index (Phi) is 2.87. The van der Waals surface area contributed by atoms with Gasteiger partial charge in [0.1, 0.15) is 11.8 Å². The van der Waals surface area contributed by atoms with Crippen molar-refractivity contribution in [2.75, 3.05) is 5.32 Å². The lowest BCUT2D eigenvalue weighted by Crippen LogP contribution is -1.95. The average molecular weight is 282 g/mol. The number of fused-ring (bicyclic) bond motifs is 1. The molecule has 0 spiro atoms. The van der Waals surface area contributed by atoms with E-state index in [1.165, 1.54) is 31.4 Å². The minimum atomic E-state index is 0.631. The van der Waals surface area contributed by atoms with E-state index in [1.807, 2.05) is 13.0 Å². The highest BCUT2D eigenvalue weighted by molar-refractivity contribution is 5.87. The smallest absolute Gasteiger partial charge is 0.159 e. The molecule has 3 aromatic heterocycles. The Morgan fingerprint density at radius 2 is 2.05 bits per heavy atom. The summed E-state index contributed by atoms with van der Waals surface area (Å²) in [6.07, 6.45) is 6.73. The minimum Gasteiger partial charge on any atom is -0.354 e. The second-order valence-electron chi connectivity index (χ2n) is 5.75. The summed E-state index contributed by atoms with van der Waals surface area (Å²) in [6.45, 7) is 2.01. The first-order chi connectivity index (χ1) is 10.3. The molecule has 6 heteroatoms. The van der Waals surface area contributed by atoms with E-state index in [0.29, 0.717) is 5.92 Å². The van der Waals surface area contributed by atoms with Crippen molar-refractivity contribution in [3.63, 3.8) is 0 Å². The third kappa shape index (κ3) is 2.26. The molecule has 3 heterocycles. The molecule has 0 radical (unpaired) electrons. The largest absolute Gasteiger partial charge is 0.354 e. The van der Waals surface area contributed by atoms with Crippen molar-refractivity contribution >= 4 is 22.7 Å². The van der Waals surface area contributed by atoms with Gasteiger partial charge in [-0.05, 0) is 25.8 Å². The normalized spacial score (nSPS) is 15.9. The third-order valence-corrected chi connectivity index (χ3v) is 4.19. The van der Waals surface area contributed by atoms with Gasteiger partial charge in [-0.25, -0.2) is 9.97 Å². The van der Waals surface area contributed by atoms with E-state index in [-0.39, 0.29) is 0 Å². The van der Waals surface area contributed by atoms with Gasteiger partial charge in [0.2, 0.25) is 0 Å². The van der Waals surface area contributed by atoms with Gasteiger partial charge in [-0.1, -0.05) is 12.8 Å². The lowest BCUT2D eigenvalue weighted by atomic mass is 10.0. The van der Waals surface area contributed by atoms with Crippen LogP contribution in [0.25, 0.3) is 11.0 Å². The Morgan fingerprint density at radius 1 is 1.19 bits per heavy atom. The Labute approximate surface area is 122 Å². The molecule has 0 atom stereocenters. The van der Waals surface area contributed by atoms with E-state index >= 15 is 0 Å². The number of hydrogen-bond acceptors (Lipinski definition) is 4. The number of hydrogen-bond donors (Lipinski definition) is 3. The maximum Gasteiger partial charge on any atom is 0.159 e. The number of rotatable bonds is 3. The fourth-order valence-electron chi connectivity index (χ4n) is 3.13. The van der Waals surface area contributed by atoms with Crippen LogP contribution in [0.2, 0.25) is 0 Å². The number of nitrogens with zero attached hydrogens (tertiary/aromatic N) is 3. The van der Waals surface area contributed by atoms with E-state index < -0.39 is 0 Å². The summed E-state index contributed by atoms with van der Waals surface area (Å²) in [7, 11) is 0. The molecular weight excluding hydrogens is 264 g/mol. The first-order valence-electron chi connectivity index (χ1n) is 7.42. The predicted octanol–water partition coefficient (Wildman–Crippen LogP) is 3.39. The van der Waals surface area contributed by atoms with Gasteiger partial charge >= 0.3 is 0 Å². The Bertz CT molecular complexity index is 765. The van der Waals surface area contributed by atoms with Crippen LogP contribution in [0.1, 0.15) is 43.0 Å². The number of aromatic amines is 2. The quantitative estimate of drug-likeness (QED) is 0.687. The molecule has 0 saturated heterocycles. The van der Waals surface area contributed by atoms with E-state index in [1.54, 1.807) is 6.33 Å². The van der Waals surface area contributed by atoms with Crippen LogP contribution in [0.15, 0.2) is 18.5 Å². The molecule has 1 saturated carbocycles. The second-order valence-corrected chi connectivity index (χ2v) is 5.75. The summed E-state index contributed by atoms with van der Waals surface area (Å²) in [5, 5.41) is 10.8. The first-order valence-corrected chi connectivity index (χ1v) is 7.42. The van der Waals surface area contributed by atoms with E-state index in [2.05, 4.69) is 36.5 Å². The molecule has 0 amide bonds. The molecule has 0 aliphatic heterocycles. The van der Waals surface area contributed by atoms with Crippen molar-refractivity contribution in [2.45, 2.75) is 38.5 Å². The van der Waals surface area contributed by atoms with Gasteiger partial charge < -0.3 is 10.3 Å². The molecule has 1 aliphatic rings. The molecule has 21 heavy (non-hydrogen) atoms. The van der Waals surface area contributed by atoms with Crippen molar-refractivity contribution in [3.8, 4) is 0 Å². The SMILES string of the molecule is Cc1cc2ncnc(Nc3cc(C4CCCC4)[nH]n3)c2[nH]1. The number of H-pyrrole nitrogens is 2. The van der Waals surface area contributed by atoms with Crippen LogP contribution in [0.5, 0.6) is 0 Å². The molecule has 3 N–H and O–H groups in total. The summed E-state index contributed by atoms with van der Waals surface area (Å²) in [4.78, 5) is 11.9.